The molecular weight excluding hydrogens is 204 g/mol. The van der Waals surface area contributed by atoms with Gasteiger partial charge in [0.15, 0.2) is 0 Å². The van der Waals surface area contributed by atoms with Crippen LogP contribution in [0.1, 0.15) is 19.8 Å². The summed E-state index contributed by atoms with van der Waals surface area (Å²) in [5, 5.41) is 0. The van der Waals surface area contributed by atoms with Gasteiger partial charge in [-0.2, -0.15) is 0 Å². The third kappa shape index (κ3) is 2.50. The molecule has 0 radical (unpaired) electrons. The summed E-state index contributed by atoms with van der Waals surface area (Å²) < 4.78 is 1.05. The molecule has 0 saturated carbocycles. The molecule has 0 aromatic heterocycles. The molecule has 60 valence electrons. The van der Waals surface area contributed by atoms with E-state index in [-0.39, 0.29) is 0 Å². The highest BCUT2D eigenvalue weighted by Crippen LogP contribution is 2.17. The molecule has 3 heteroatoms. The summed E-state index contributed by atoms with van der Waals surface area (Å²) in [6.07, 6.45) is 5.72. The van der Waals surface area contributed by atoms with Crippen molar-refractivity contribution in [2.45, 2.75) is 19.8 Å². The third-order valence-corrected chi connectivity index (χ3v) is 2.49. The Morgan fingerprint density at radius 1 is 1.64 bits per heavy atom. The summed E-state index contributed by atoms with van der Waals surface area (Å²) in [4.78, 5) is 4.02. The molecule has 0 fully saturated rings. The largest absolute Gasteiger partial charge is 0.384 e. The molecule has 1 heterocycles. The number of allylic oxidation sites excluding steroid dienone is 3. The molecule has 0 aliphatic carbocycles. The van der Waals surface area contributed by atoms with E-state index in [1.165, 1.54) is 5.57 Å². The van der Waals surface area contributed by atoms with E-state index in [9.17, 15) is 0 Å². The predicted octanol–water partition coefficient (Wildman–Crippen LogP) is 2.32. The van der Waals surface area contributed by atoms with Crippen LogP contribution in [0, 0.1) is 0 Å². The molecule has 11 heavy (non-hydrogen) atoms. The molecule has 1 rings (SSSR count). The summed E-state index contributed by atoms with van der Waals surface area (Å²) in [6, 6.07) is 0. The van der Waals surface area contributed by atoms with Crippen LogP contribution >= 0.6 is 15.9 Å². The lowest BCUT2D eigenvalue weighted by molar-refractivity contribution is 0.956. The second-order valence-corrected chi connectivity index (χ2v) is 3.41. The number of hydrogen-bond acceptors (Lipinski definition) is 2. The van der Waals surface area contributed by atoms with E-state index in [2.05, 4.69) is 27.8 Å². The van der Waals surface area contributed by atoms with Crippen LogP contribution in [0.3, 0.4) is 0 Å². The van der Waals surface area contributed by atoms with Gasteiger partial charge in [0.2, 0.25) is 0 Å². The van der Waals surface area contributed by atoms with Crippen LogP contribution in [-0.2, 0) is 0 Å². The van der Waals surface area contributed by atoms with Crippen LogP contribution in [0.15, 0.2) is 26.9 Å². The fourth-order valence-electron chi connectivity index (χ4n) is 0.850. The van der Waals surface area contributed by atoms with Gasteiger partial charge in [0.25, 0.3) is 0 Å². The zero-order chi connectivity index (χ0) is 8.27. The molecule has 0 aromatic rings. The minimum Gasteiger partial charge on any atom is -0.384 e. The highest BCUT2D eigenvalue weighted by molar-refractivity contribution is 9.12. The van der Waals surface area contributed by atoms with Crippen molar-refractivity contribution in [1.29, 1.82) is 0 Å². The maximum atomic E-state index is 5.53. The lowest BCUT2D eigenvalue weighted by atomic mass is 10.1. The van der Waals surface area contributed by atoms with E-state index < -0.39 is 0 Å². The van der Waals surface area contributed by atoms with Gasteiger partial charge in [0.05, 0.1) is 0 Å². The maximum Gasteiger partial charge on any atom is 0.119 e. The first kappa shape index (κ1) is 8.53. The summed E-state index contributed by atoms with van der Waals surface area (Å²) in [5.41, 5.74) is 6.85. The Balaban J connectivity index is 2.85. The molecule has 0 atom stereocenters. The van der Waals surface area contributed by atoms with Gasteiger partial charge in [-0.15, -0.1) is 0 Å². The Morgan fingerprint density at radius 3 is 3.09 bits per heavy atom. The van der Waals surface area contributed by atoms with E-state index in [0.29, 0.717) is 5.82 Å². The van der Waals surface area contributed by atoms with Crippen LogP contribution in [0.5, 0.6) is 0 Å². The number of nitrogens with zero attached hydrogens (tertiary/aromatic N) is 1. The zero-order valence-corrected chi connectivity index (χ0v) is 8.06. The SMILES string of the molecule is C/C1=C(Br)/C=N\C(N)=C/CC1. The Morgan fingerprint density at radius 2 is 2.36 bits per heavy atom. The van der Waals surface area contributed by atoms with Crippen molar-refractivity contribution >= 4 is 22.1 Å². The molecule has 2 nitrogen and oxygen atoms in total. The van der Waals surface area contributed by atoms with Crippen molar-refractivity contribution < 1.29 is 0 Å². The molecule has 0 spiro atoms. The van der Waals surface area contributed by atoms with Gasteiger partial charge in [0.1, 0.15) is 5.82 Å². The second kappa shape index (κ2) is 3.72. The summed E-state index contributed by atoms with van der Waals surface area (Å²) in [7, 11) is 0. The van der Waals surface area contributed by atoms with Crippen molar-refractivity contribution in [3.63, 3.8) is 0 Å². The third-order valence-electron chi connectivity index (χ3n) is 1.61. The Bertz CT molecular complexity index is 238. The highest BCUT2D eigenvalue weighted by Gasteiger charge is 1.98. The van der Waals surface area contributed by atoms with Crippen molar-refractivity contribution in [2.75, 3.05) is 0 Å². The number of nitrogens with two attached hydrogens (primary N) is 1. The van der Waals surface area contributed by atoms with Crippen LogP contribution in [-0.4, -0.2) is 6.21 Å². The van der Waals surface area contributed by atoms with Gasteiger partial charge in [0, 0.05) is 10.7 Å². The Hall–Kier alpha value is -0.570. The lowest BCUT2D eigenvalue weighted by Gasteiger charge is -2.03. The fourth-order valence-corrected chi connectivity index (χ4v) is 1.15. The summed E-state index contributed by atoms with van der Waals surface area (Å²) >= 11 is 3.41. The van der Waals surface area contributed by atoms with Crippen LogP contribution in [0.4, 0.5) is 0 Å². The number of aliphatic imine (C=N–C) groups is 1. The van der Waals surface area contributed by atoms with Gasteiger partial charge in [-0.25, -0.2) is 4.99 Å². The van der Waals surface area contributed by atoms with E-state index in [4.69, 9.17) is 5.73 Å². The molecule has 0 saturated heterocycles. The van der Waals surface area contributed by atoms with E-state index in [1.54, 1.807) is 6.21 Å². The van der Waals surface area contributed by atoms with Gasteiger partial charge in [-0.3, -0.25) is 0 Å². The fraction of sp³-hybridized carbons (Fsp3) is 0.375. The van der Waals surface area contributed by atoms with Crippen molar-refractivity contribution in [2.24, 2.45) is 10.7 Å². The van der Waals surface area contributed by atoms with Crippen molar-refractivity contribution in [1.82, 2.24) is 0 Å². The molecule has 2 N–H and O–H groups in total. The van der Waals surface area contributed by atoms with Gasteiger partial charge < -0.3 is 5.73 Å². The Kier molecular flexibility index (Phi) is 2.88. The molecule has 0 amide bonds. The average molecular weight is 215 g/mol. The van der Waals surface area contributed by atoms with Gasteiger partial charge in [-0.1, -0.05) is 5.57 Å². The lowest BCUT2D eigenvalue weighted by Crippen LogP contribution is -1.97. The van der Waals surface area contributed by atoms with Gasteiger partial charge >= 0.3 is 0 Å². The predicted molar refractivity (Wildman–Crippen MR) is 51.6 cm³/mol. The van der Waals surface area contributed by atoms with Gasteiger partial charge in [-0.05, 0) is 41.8 Å². The van der Waals surface area contributed by atoms with Crippen molar-refractivity contribution in [3.8, 4) is 0 Å². The van der Waals surface area contributed by atoms with E-state index in [0.717, 1.165) is 17.3 Å². The average Bonchev–Trinajstić information content (AvgIpc) is 1.98. The standard InChI is InChI=1S/C8H11BrN2/c1-6-3-2-4-8(10)11-5-7(6)9/h4-5H,2-3,10H2,1H3/b7-6+,8-4-,11-5-. The minimum absolute atomic E-state index is 0.606. The molecule has 1 aliphatic rings. The van der Waals surface area contributed by atoms with Crippen LogP contribution in [0.25, 0.3) is 0 Å². The van der Waals surface area contributed by atoms with Crippen LogP contribution < -0.4 is 5.73 Å². The van der Waals surface area contributed by atoms with Crippen LogP contribution in [0.2, 0.25) is 0 Å². The Labute approximate surface area is 75.0 Å². The number of halogens is 1. The van der Waals surface area contributed by atoms with Crippen molar-refractivity contribution in [3.05, 3.63) is 22.0 Å². The summed E-state index contributed by atoms with van der Waals surface area (Å²) in [5.74, 6) is 0.606. The number of rotatable bonds is 0. The highest BCUT2D eigenvalue weighted by atomic mass is 79.9. The molecule has 1 aliphatic heterocycles. The molecule has 0 unspecified atom stereocenters. The molecular formula is C8H11BrN2. The minimum atomic E-state index is 0.606. The number of hydrogen-bond donors (Lipinski definition) is 1. The molecule has 0 aromatic carbocycles. The smallest absolute Gasteiger partial charge is 0.119 e. The monoisotopic (exact) mass is 214 g/mol. The first-order valence-corrected chi connectivity index (χ1v) is 4.34. The first-order chi connectivity index (χ1) is 5.20. The quantitative estimate of drug-likeness (QED) is 0.661. The van der Waals surface area contributed by atoms with E-state index in [1.807, 2.05) is 6.08 Å². The molecule has 0 bridgehead atoms. The second-order valence-electron chi connectivity index (χ2n) is 2.55. The van der Waals surface area contributed by atoms with E-state index >= 15 is 0 Å². The normalized spacial score (nSPS) is 33.5. The first-order valence-electron chi connectivity index (χ1n) is 3.55. The zero-order valence-electron chi connectivity index (χ0n) is 6.47. The summed E-state index contributed by atoms with van der Waals surface area (Å²) in [6.45, 7) is 2.09. The topological polar surface area (TPSA) is 38.4 Å². The maximum absolute atomic E-state index is 5.53.